The lowest BCUT2D eigenvalue weighted by molar-refractivity contribution is -0.160. The molecule has 0 aromatic heterocycles. The Kier molecular flexibility index (Phi) is 5.55. The predicted octanol–water partition coefficient (Wildman–Crippen LogP) is 8.37. The van der Waals surface area contributed by atoms with E-state index in [2.05, 4.69) is 24.3 Å². The normalized spacial score (nSPS) is 14.7. The Balaban J connectivity index is 1.23. The van der Waals surface area contributed by atoms with Gasteiger partial charge >= 0.3 is 11.9 Å². The van der Waals surface area contributed by atoms with Crippen molar-refractivity contribution < 1.29 is 19.1 Å². The second-order valence-corrected chi connectivity index (χ2v) is 10.4. The monoisotopic (exact) mass is 510 g/mol. The standard InChI is InChI=1S/C35H26O4/c36-33(38-31-15-7-13-27-19-23-9-1-3-11-25(23)21-29(27)31)35(17-5-6-18-35)34(37)39-32-16-8-14-28-20-24-10-2-4-12-26(24)22-30(28)32/h1-4,7-16,19-22H,5-6,17-18H2. The van der Waals surface area contributed by atoms with Crippen molar-refractivity contribution in [2.24, 2.45) is 5.41 Å². The van der Waals surface area contributed by atoms with E-state index in [0.717, 1.165) is 55.9 Å². The minimum atomic E-state index is -1.34. The fourth-order valence-corrected chi connectivity index (χ4v) is 5.92. The van der Waals surface area contributed by atoms with E-state index in [1.807, 2.05) is 72.8 Å². The number of rotatable bonds is 4. The summed E-state index contributed by atoms with van der Waals surface area (Å²) in [4.78, 5) is 27.6. The van der Waals surface area contributed by atoms with Gasteiger partial charge in [0.15, 0.2) is 5.41 Å². The van der Waals surface area contributed by atoms with Gasteiger partial charge in [-0.2, -0.15) is 0 Å². The Bertz CT molecular complexity index is 1780. The third kappa shape index (κ3) is 4.00. The Morgan fingerprint density at radius 2 is 0.872 bits per heavy atom. The summed E-state index contributed by atoms with van der Waals surface area (Å²) in [7, 11) is 0. The highest BCUT2D eigenvalue weighted by Gasteiger charge is 2.51. The van der Waals surface area contributed by atoms with Crippen molar-refractivity contribution in [3.8, 4) is 11.5 Å². The lowest BCUT2D eigenvalue weighted by atomic mass is 9.86. The van der Waals surface area contributed by atoms with E-state index in [-0.39, 0.29) is 0 Å². The lowest BCUT2D eigenvalue weighted by Crippen LogP contribution is -2.42. The molecular formula is C35H26O4. The van der Waals surface area contributed by atoms with Gasteiger partial charge in [0.2, 0.25) is 0 Å². The number of hydrogen-bond acceptors (Lipinski definition) is 4. The highest BCUT2D eigenvalue weighted by Crippen LogP contribution is 2.43. The molecule has 1 fully saturated rings. The topological polar surface area (TPSA) is 52.6 Å². The van der Waals surface area contributed by atoms with E-state index >= 15 is 0 Å². The molecule has 1 aliphatic carbocycles. The molecule has 6 aromatic carbocycles. The first-order valence-electron chi connectivity index (χ1n) is 13.4. The fourth-order valence-electron chi connectivity index (χ4n) is 5.92. The number of ether oxygens (including phenoxy) is 2. The average molecular weight is 511 g/mol. The van der Waals surface area contributed by atoms with Crippen LogP contribution in [0, 0.1) is 5.41 Å². The summed E-state index contributed by atoms with van der Waals surface area (Å²) in [6.45, 7) is 0. The Morgan fingerprint density at radius 1 is 0.487 bits per heavy atom. The molecular weight excluding hydrogens is 484 g/mol. The molecule has 0 saturated heterocycles. The van der Waals surface area contributed by atoms with Gasteiger partial charge in [0.25, 0.3) is 0 Å². The highest BCUT2D eigenvalue weighted by atomic mass is 16.6. The number of hydrogen-bond donors (Lipinski definition) is 0. The van der Waals surface area contributed by atoms with Gasteiger partial charge in [-0.1, -0.05) is 85.6 Å². The summed E-state index contributed by atoms with van der Waals surface area (Å²) in [5, 5.41) is 7.99. The van der Waals surface area contributed by atoms with Crippen molar-refractivity contribution >= 4 is 55.0 Å². The molecule has 0 N–H and O–H groups in total. The van der Waals surface area contributed by atoms with Crippen LogP contribution in [-0.2, 0) is 9.59 Å². The van der Waals surface area contributed by atoms with Gasteiger partial charge in [-0.05, 0) is 81.6 Å². The van der Waals surface area contributed by atoms with Crippen LogP contribution in [0.3, 0.4) is 0 Å². The van der Waals surface area contributed by atoms with Gasteiger partial charge in [-0.3, -0.25) is 9.59 Å². The number of carbonyl (C=O) groups excluding carboxylic acids is 2. The number of esters is 2. The van der Waals surface area contributed by atoms with Crippen LogP contribution < -0.4 is 9.47 Å². The molecule has 39 heavy (non-hydrogen) atoms. The van der Waals surface area contributed by atoms with Crippen LogP contribution >= 0.6 is 0 Å². The predicted molar refractivity (Wildman–Crippen MR) is 155 cm³/mol. The molecule has 0 bridgehead atoms. The molecule has 0 spiro atoms. The summed E-state index contributed by atoms with van der Waals surface area (Å²) in [6.07, 6.45) is 2.35. The maximum absolute atomic E-state index is 13.8. The van der Waals surface area contributed by atoms with E-state index in [0.29, 0.717) is 24.3 Å². The molecule has 1 saturated carbocycles. The van der Waals surface area contributed by atoms with Crippen molar-refractivity contribution in [2.75, 3.05) is 0 Å². The number of benzene rings is 6. The molecule has 0 radical (unpaired) electrons. The molecule has 0 unspecified atom stereocenters. The number of carbonyl (C=O) groups is 2. The van der Waals surface area contributed by atoms with Gasteiger partial charge < -0.3 is 9.47 Å². The largest absolute Gasteiger partial charge is 0.425 e. The Labute approximate surface area is 225 Å². The van der Waals surface area contributed by atoms with E-state index in [4.69, 9.17) is 9.47 Å². The summed E-state index contributed by atoms with van der Waals surface area (Å²) < 4.78 is 12.1. The minimum absolute atomic E-state index is 0.409. The molecule has 4 nitrogen and oxygen atoms in total. The van der Waals surface area contributed by atoms with Gasteiger partial charge in [0.05, 0.1) is 0 Å². The zero-order valence-electron chi connectivity index (χ0n) is 21.4. The molecule has 1 aliphatic rings. The van der Waals surface area contributed by atoms with Gasteiger partial charge in [-0.25, -0.2) is 0 Å². The zero-order chi connectivity index (χ0) is 26.4. The first-order chi connectivity index (χ1) is 19.1. The van der Waals surface area contributed by atoms with Crippen LogP contribution in [0.1, 0.15) is 25.7 Å². The van der Waals surface area contributed by atoms with Crippen molar-refractivity contribution in [2.45, 2.75) is 25.7 Å². The molecule has 0 atom stereocenters. The minimum Gasteiger partial charge on any atom is -0.425 e. The summed E-state index contributed by atoms with van der Waals surface area (Å²) in [5.74, 6) is -0.175. The maximum Gasteiger partial charge on any atom is 0.328 e. The summed E-state index contributed by atoms with van der Waals surface area (Å²) in [5.41, 5.74) is -1.34. The van der Waals surface area contributed by atoms with E-state index in [1.54, 1.807) is 12.1 Å². The molecule has 4 heteroatoms. The van der Waals surface area contributed by atoms with Crippen molar-refractivity contribution in [3.63, 3.8) is 0 Å². The van der Waals surface area contributed by atoms with Crippen molar-refractivity contribution in [1.29, 1.82) is 0 Å². The second kappa shape index (κ2) is 9.25. The molecule has 0 heterocycles. The molecule has 6 aromatic rings. The summed E-state index contributed by atoms with van der Waals surface area (Å²) >= 11 is 0. The Hall–Kier alpha value is -4.70. The molecule has 0 aliphatic heterocycles. The van der Waals surface area contributed by atoms with Crippen LogP contribution in [0.4, 0.5) is 0 Å². The number of fused-ring (bicyclic) bond motifs is 4. The molecule has 0 amide bonds. The maximum atomic E-state index is 13.8. The third-order valence-electron chi connectivity index (χ3n) is 8.06. The quantitative estimate of drug-likeness (QED) is 0.103. The smallest absolute Gasteiger partial charge is 0.328 e. The third-order valence-corrected chi connectivity index (χ3v) is 8.06. The lowest BCUT2D eigenvalue weighted by Gasteiger charge is -2.25. The van der Waals surface area contributed by atoms with Gasteiger partial charge in [0.1, 0.15) is 11.5 Å². The van der Waals surface area contributed by atoms with E-state index in [1.165, 1.54) is 0 Å². The molecule has 7 rings (SSSR count). The van der Waals surface area contributed by atoms with Crippen LogP contribution in [0.5, 0.6) is 11.5 Å². The van der Waals surface area contributed by atoms with E-state index in [9.17, 15) is 9.59 Å². The SMILES string of the molecule is O=C(Oc1cccc2cc3ccccc3cc12)C1(C(=O)Oc2cccc3cc4ccccc4cc23)CCCC1. The van der Waals surface area contributed by atoms with E-state index < -0.39 is 17.4 Å². The van der Waals surface area contributed by atoms with Crippen LogP contribution in [0.25, 0.3) is 43.1 Å². The first-order valence-corrected chi connectivity index (χ1v) is 13.4. The average Bonchev–Trinajstić information content (AvgIpc) is 3.47. The van der Waals surface area contributed by atoms with Gasteiger partial charge in [-0.15, -0.1) is 0 Å². The Morgan fingerprint density at radius 3 is 1.31 bits per heavy atom. The van der Waals surface area contributed by atoms with Crippen molar-refractivity contribution in [3.05, 3.63) is 109 Å². The van der Waals surface area contributed by atoms with Crippen molar-refractivity contribution in [1.82, 2.24) is 0 Å². The van der Waals surface area contributed by atoms with Gasteiger partial charge in [0, 0.05) is 10.8 Å². The fraction of sp³-hybridized carbons (Fsp3) is 0.143. The summed E-state index contributed by atoms with van der Waals surface area (Å²) in [6, 6.07) is 35.8. The molecule has 190 valence electrons. The van der Waals surface area contributed by atoms with Crippen LogP contribution in [-0.4, -0.2) is 11.9 Å². The second-order valence-electron chi connectivity index (χ2n) is 10.4. The zero-order valence-corrected chi connectivity index (χ0v) is 21.4. The highest BCUT2D eigenvalue weighted by molar-refractivity contribution is 6.06. The first kappa shape index (κ1) is 23.4. The van der Waals surface area contributed by atoms with Crippen LogP contribution in [0.2, 0.25) is 0 Å². The van der Waals surface area contributed by atoms with Crippen LogP contribution in [0.15, 0.2) is 109 Å².